The molecule has 0 spiro atoms. The second-order valence-electron chi connectivity index (χ2n) is 5.24. The molecule has 0 atom stereocenters. The van der Waals surface area contributed by atoms with Crippen LogP contribution in [0.4, 0.5) is 22.0 Å². The zero-order valence-electron chi connectivity index (χ0n) is 13.6. The molecule has 0 saturated carbocycles. The molecule has 1 heterocycles. The molecule has 0 aliphatic rings. The van der Waals surface area contributed by atoms with Crippen molar-refractivity contribution in [2.24, 2.45) is 0 Å². The number of amides is 1. The molecule has 1 amide bonds. The molecule has 0 N–H and O–H groups in total. The first kappa shape index (κ1) is 20.7. The van der Waals surface area contributed by atoms with Gasteiger partial charge >= 0.3 is 13.0 Å². The van der Waals surface area contributed by atoms with Crippen LogP contribution in [0.1, 0.15) is 15.9 Å². The highest BCUT2D eigenvalue weighted by molar-refractivity contribution is 6.30. The van der Waals surface area contributed by atoms with Gasteiger partial charge in [0.1, 0.15) is 11.3 Å². The normalized spacial score (nSPS) is 11.4. The van der Waals surface area contributed by atoms with E-state index in [4.69, 9.17) is 11.6 Å². The van der Waals surface area contributed by atoms with Gasteiger partial charge in [0.2, 0.25) is 5.88 Å². The molecule has 11 heteroatoms. The zero-order chi connectivity index (χ0) is 20.2. The lowest BCUT2D eigenvalue weighted by Gasteiger charge is -2.19. The highest BCUT2D eigenvalue weighted by Gasteiger charge is 2.31. The lowest BCUT2D eigenvalue weighted by atomic mass is 10.2. The van der Waals surface area contributed by atoms with Crippen LogP contribution >= 0.6 is 11.6 Å². The zero-order valence-corrected chi connectivity index (χ0v) is 14.4. The van der Waals surface area contributed by atoms with E-state index in [-0.39, 0.29) is 17.1 Å². The van der Waals surface area contributed by atoms with E-state index in [1.165, 1.54) is 19.2 Å². The van der Waals surface area contributed by atoms with Crippen LogP contribution in [0.15, 0.2) is 36.5 Å². The highest BCUT2D eigenvalue weighted by Crippen LogP contribution is 2.25. The summed E-state index contributed by atoms with van der Waals surface area (Å²) < 4.78 is 69.8. The van der Waals surface area contributed by atoms with E-state index < -0.39 is 30.5 Å². The van der Waals surface area contributed by atoms with Crippen LogP contribution in [0.5, 0.6) is 11.6 Å². The van der Waals surface area contributed by atoms with Crippen LogP contribution < -0.4 is 9.47 Å². The molecule has 0 aliphatic heterocycles. The quantitative estimate of drug-likeness (QED) is 0.658. The van der Waals surface area contributed by atoms with Crippen molar-refractivity contribution >= 4 is 17.5 Å². The van der Waals surface area contributed by atoms with Gasteiger partial charge in [0.05, 0.1) is 5.02 Å². The number of hydrogen-bond donors (Lipinski definition) is 0. The first-order chi connectivity index (χ1) is 12.5. The minimum atomic E-state index is -4.85. The smallest absolute Gasteiger partial charge is 0.416 e. The van der Waals surface area contributed by atoms with Gasteiger partial charge in [-0.3, -0.25) is 4.79 Å². The highest BCUT2D eigenvalue weighted by atomic mass is 35.5. The van der Waals surface area contributed by atoms with Crippen LogP contribution in [0.2, 0.25) is 5.02 Å². The Morgan fingerprint density at radius 2 is 2.00 bits per heavy atom. The SMILES string of the molecule is CN(Cc1cccc(OC(F)(F)F)c1)C(=O)c1cc(Cl)cnc1OC(F)F. The Bertz CT molecular complexity index is 817. The molecular formula is C16H12ClF5N2O3. The van der Waals surface area contributed by atoms with Crippen molar-refractivity contribution in [1.29, 1.82) is 0 Å². The number of alkyl halides is 5. The Kier molecular flexibility index (Phi) is 6.42. The van der Waals surface area contributed by atoms with E-state index >= 15 is 0 Å². The van der Waals surface area contributed by atoms with E-state index in [1.807, 2.05) is 0 Å². The second-order valence-corrected chi connectivity index (χ2v) is 5.68. The van der Waals surface area contributed by atoms with Gasteiger partial charge in [0.25, 0.3) is 5.91 Å². The molecule has 1 aromatic heterocycles. The predicted molar refractivity (Wildman–Crippen MR) is 84.8 cm³/mol. The first-order valence-electron chi connectivity index (χ1n) is 7.25. The van der Waals surface area contributed by atoms with Gasteiger partial charge in [0, 0.05) is 19.8 Å². The fourth-order valence-electron chi connectivity index (χ4n) is 2.15. The van der Waals surface area contributed by atoms with Crippen molar-refractivity contribution in [3.63, 3.8) is 0 Å². The van der Waals surface area contributed by atoms with Crippen molar-refractivity contribution in [2.45, 2.75) is 19.5 Å². The summed E-state index contributed by atoms with van der Waals surface area (Å²) in [5.41, 5.74) is 0.00640. The van der Waals surface area contributed by atoms with Crippen molar-refractivity contribution in [1.82, 2.24) is 9.88 Å². The van der Waals surface area contributed by atoms with E-state index in [9.17, 15) is 26.7 Å². The molecule has 0 bridgehead atoms. The van der Waals surface area contributed by atoms with Crippen molar-refractivity contribution < 1.29 is 36.2 Å². The Hall–Kier alpha value is -2.62. The summed E-state index contributed by atoms with van der Waals surface area (Å²) in [5, 5.41) is 0.0222. The number of carbonyl (C=O) groups excluding carboxylic acids is 1. The topological polar surface area (TPSA) is 51.7 Å². The number of carbonyl (C=O) groups is 1. The van der Waals surface area contributed by atoms with Gasteiger partial charge in [-0.05, 0) is 23.8 Å². The standard InChI is InChI=1S/C16H12ClF5N2O3/c1-24(8-9-3-2-4-11(5-9)27-16(20,21)22)14(25)12-6-10(17)7-23-13(12)26-15(18)19/h2-7,15H,8H2,1H3. The average Bonchev–Trinajstić information content (AvgIpc) is 2.54. The third kappa shape index (κ3) is 6.24. The fourth-order valence-corrected chi connectivity index (χ4v) is 2.31. The van der Waals surface area contributed by atoms with Gasteiger partial charge in [0.15, 0.2) is 0 Å². The third-order valence-corrected chi connectivity index (χ3v) is 3.35. The number of hydrogen-bond acceptors (Lipinski definition) is 4. The summed E-state index contributed by atoms with van der Waals surface area (Å²) in [7, 11) is 1.33. The lowest BCUT2D eigenvalue weighted by Crippen LogP contribution is -2.27. The number of nitrogens with zero attached hydrogens (tertiary/aromatic N) is 2. The molecule has 146 valence electrons. The van der Waals surface area contributed by atoms with Crippen LogP contribution in [-0.4, -0.2) is 35.8 Å². The first-order valence-corrected chi connectivity index (χ1v) is 7.63. The maximum Gasteiger partial charge on any atom is 0.573 e. The average molecular weight is 411 g/mol. The van der Waals surface area contributed by atoms with Crippen LogP contribution in [-0.2, 0) is 6.54 Å². The Balaban J connectivity index is 2.19. The van der Waals surface area contributed by atoms with Gasteiger partial charge in [-0.25, -0.2) is 4.98 Å². The van der Waals surface area contributed by atoms with Crippen molar-refractivity contribution in [2.75, 3.05) is 7.05 Å². The minimum absolute atomic E-state index is 0.0222. The second kappa shape index (κ2) is 8.38. The van der Waals surface area contributed by atoms with E-state index in [0.717, 1.165) is 29.3 Å². The Morgan fingerprint density at radius 3 is 2.63 bits per heavy atom. The molecular weight excluding hydrogens is 399 g/mol. The van der Waals surface area contributed by atoms with E-state index in [2.05, 4.69) is 14.5 Å². The number of benzene rings is 1. The molecule has 2 aromatic rings. The number of pyridine rings is 1. The fraction of sp³-hybridized carbons (Fsp3) is 0.250. The lowest BCUT2D eigenvalue weighted by molar-refractivity contribution is -0.274. The van der Waals surface area contributed by atoms with Crippen LogP contribution in [0.25, 0.3) is 0 Å². The number of rotatable bonds is 6. The molecule has 5 nitrogen and oxygen atoms in total. The largest absolute Gasteiger partial charge is 0.573 e. The van der Waals surface area contributed by atoms with Gasteiger partial charge in [-0.15, -0.1) is 13.2 Å². The van der Waals surface area contributed by atoms with Crippen molar-refractivity contribution in [3.8, 4) is 11.6 Å². The summed E-state index contributed by atoms with van der Waals surface area (Å²) in [6.07, 6.45) is -3.82. The van der Waals surface area contributed by atoms with Gasteiger partial charge < -0.3 is 14.4 Å². The van der Waals surface area contributed by atoms with Crippen LogP contribution in [0, 0.1) is 0 Å². The summed E-state index contributed by atoms with van der Waals surface area (Å²) in [4.78, 5) is 17.1. The molecule has 0 radical (unpaired) electrons. The minimum Gasteiger partial charge on any atom is -0.416 e. The molecule has 2 rings (SSSR count). The predicted octanol–water partition coefficient (Wildman–Crippen LogP) is 4.51. The van der Waals surface area contributed by atoms with E-state index in [1.54, 1.807) is 0 Å². The third-order valence-electron chi connectivity index (χ3n) is 3.15. The van der Waals surface area contributed by atoms with Crippen LogP contribution in [0.3, 0.4) is 0 Å². The molecule has 0 saturated heterocycles. The summed E-state index contributed by atoms with van der Waals surface area (Å²) in [6.45, 7) is -3.33. The van der Waals surface area contributed by atoms with Crippen molar-refractivity contribution in [3.05, 3.63) is 52.7 Å². The van der Waals surface area contributed by atoms with Gasteiger partial charge in [-0.1, -0.05) is 23.7 Å². The molecule has 0 unspecified atom stereocenters. The summed E-state index contributed by atoms with van der Waals surface area (Å²) in [5.74, 6) is -1.82. The number of halogens is 6. The number of ether oxygens (including phenoxy) is 2. The number of aromatic nitrogens is 1. The maximum atomic E-state index is 12.5. The Labute approximate surface area is 155 Å². The van der Waals surface area contributed by atoms with Gasteiger partial charge in [-0.2, -0.15) is 8.78 Å². The Morgan fingerprint density at radius 1 is 1.30 bits per heavy atom. The molecule has 27 heavy (non-hydrogen) atoms. The maximum absolute atomic E-state index is 12.5. The molecule has 0 fully saturated rings. The monoisotopic (exact) mass is 410 g/mol. The molecule has 1 aromatic carbocycles. The van der Waals surface area contributed by atoms with E-state index in [0.29, 0.717) is 5.56 Å². The summed E-state index contributed by atoms with van der Waals surface area (Å²) >= 11 is 5.75. The molecule has 0 aliphatic carbocycles. The summed E-state index contributed by atoms with van der Waals surface area (Å²) in [6, 6.07) is 6.10.